The molecule has 2 aliphatic rings. The summed E-state index contributed by atoms with van der Waals surface area (Å²) in [4.78, 5) is 4.30. The predicted octanol–water partition coefficient (Wildman–Crippen LogP) is 1.45. The molecule has 1 heterocycles. The third-order valence-corrected chi connectivity index (χ3v) is 2.70. The molecule has 0 bridgehead atoms. The van der Waals surface area contributed by atoms with Crippen molar-refractivity contribution in [2.24, 2.45) is 10.7 Å². The molecule has 0 radical (unpaired) electrons. The number of aliphatic imine (C=N–C) groups is 1. The topological polar surface area (TPSA) is 50.4 Å². The number of allylic oxidation sites excluding steroid dienone is 4. The normalized spacial score (nSPS) is 18.6. The molecule has 0 unspecified atom stereocenters. The molecule has 16 heavy (non-hydrogen) atoms. The molecular formula is C12H16FN3. The maximum Gasteiger partial charge on any atom is 0.120 e. The SMILES string of the molecule is NCCNCCC1=CN=C2CC=C(F)C=C12. The van der Waals surface area contributed by atoms with Gasteiger partial charge in [-0.1, -0.05) is 0 Å². The molecule has 3 nitrogen and oxygen atoms in total. The number of halogens is 1. The van der Waals surface area contributed by atoms with Gasteiger partial charge in [-0.3, -0.25) is 4.99 Å². The summed E-state index contributed by atoms with van der Waals surface area (Å²) < 4.78 is 13.1. The van der Waals surface area contributed by atoms with Crippen molar-refractivity contribution in [2.45, 2.75) is 12.8 Å². The number of fused-ring (bicyclic) bond motifs is 1. The Labute approximate surface area is 94.6 Å². The first-order valence-electron chi connectivity index (χ1n) is 5.56. The lowest BCUT2D eigenvalue weighted by Crippen LogP contribution is -2.23. The number of nitrogens with one attached hydrogen (secondary N) is 1. The van der Waals surface area contributed by atoms with E-state index in [1.165, 1.54) is 0 Å². The Morgan fingerprint density at radius 3 is 3.12 bits per heavy atom. The maximum atomic E-state index is 13.1. The minimum atomic E-state index is -0.156. The number of hydrogen-bond acceptors (Lipinski definition) is 3. The third kappa shape index (κ3) is 2.46. The van der Waals surface area contributed by atoms with E-state index in [0.717, 1.165) is 36.4 Å². The molecule has 3 N–H and O–H groups in total. The van der Waals surface area contributed by atoms with E-state index in [-0.39, 0.29) is 5.83 Å². The molecule has 0 aromatic carbocycles. The first-order valence-corrected chi connectivity index (χ1v) is 5.56. The first kappa shape index (κ1) is 11.2. The molecule has 0 saturated carbocycles. The van der Waals surface area contributed by atoms with Gasteiger partial charge in [-0.2, -0.15) is 0 Å². The van der Waals surface area contributed by atoms with Crippen LogP contribution in [0.1, 0.15) is 12.8 Å². The van der Waals surface area contributed by atoms with E-state index >= 15 is 0 Å². The van der Waals surface area contributed by atoms with Crippen LogP contribution >= 0.6 is 0 Å². The summed E-state index contributed by atoms with van der Waals surface area (Å²) in [6, 6.07) is 0. The van der Waals surface area contributed by atoms with Crippen LogP contribution < -0.4 is 11.1 Å². The highest BCUT2D eigenvalue weighted by atomic mass is 19.1. The maximum absolute atomic E-state index is 13.1. The largest absolute Gasteiger partial charge is 0.329 e. The van der Waals surface area contributed by atoms with Gasteiger partial charge in [0.15, 0.2) is 0 Å². The molecule has 0 amide bonds. The number of rotatable bonds is 5. The van der Waals surface area contributed by atoms with Gasteiger partial charge in [0.1, 0.15) is 5.83 Å². The molecule has 0 atom stereocenters. The molecule has 0 aromatic rings. The highest BCUT2D eigenvalue weighted by Gasteiger charge is 2.19. The van der Waals surface area contributed by atoms with Crippen molar-refractivity contribution in [3.8, 4) is 0 Å². The van der Waals surface area contributed by atoms with E-state index in [4.69, 9.17) is 5.73 Å². The molecule has 4 heteroatoms. The van der Waals surface area contributed by atoms with Crippen LogP contribution in [-0.2, 0) is 0 Å². The Hall–Kier alpha value is -1.26. The molecule has 2 rings (SSSR count). The highest BCUT2D eigenvalue weighted by molar-refractivity contribution is 6.08. The summed E-state index contributed by atoms with van der Waals surface area (Å²) in [6.45, 7) is 2.31. The van der Waals surface area contributed by atoms with E-state index in [0.29, 0.717) is 13.0 Å². The van der Waals surface area contributed by atoms with Crippen LogP contribution in [0.15, 0.2) is 40.3 Å². The third-order valence-electron chi connectivity index (χ3n) is 2.70. The van der Waals surface area contributed by atoms with Gasteiger partial charge in [0.05, 0.1) is 5.71 Å². The van der Waals surface area contributed by atoms with Gasteiger partial charge in [-0.15, -0.1) is 0 Å². The second-order valence-corrected chi connectivity index (χ2v) is 3.87. The van der Waals surface area contributed by atoms with E-state index in [1.807, 2.05) is 6.20 Å². The fourth-order valence-electron chi connectivity index (χ4n) is 1.86. The monoisotopic (exact) mass is 221 g/mol. The van der Waals surface area contributed by atoms with Gasteiger partial charge < -0.3 is 11.1 Å². The van der Waals surface area contributed by atoms with Crippen LogP contribution in [0.5, 0.6) is 0 Å². The zero-order valence-electron chi connectivity index (χ0n) is 9.17. The van der Waals surface area contributed by atoms with E-state index < -0.39 is 0 Å². The van der Waals surface area contributed by atoms with Gasteiger partial charge in [-0.25, -0.2) is 4.39 Å². The van der Waals surface area contributed by atoms with Gasteiger partial charge >= 0.3 is 0 Å². The zero-order chi connectivity index (χ0) is 11.4. The lowest BCUT2D eigenvalue weighted by Gasteiger charge is -2.11. The van der Waals surface area contributed by atoms with Gasteiger partial charge in [0.25, 0.3) is 0 Å². The lowest BCUT2D eigenvalue weighted by atomic mass is 9.95. The molecule has 1 aliphatic carbocycles. The highest BCUT2D eigenvalue weighted by Crippen LogP contribution is 2.28. The van der Waals surface area contributed by atoms with Crippen molar-refractivity contribution in [3.63, 3.8) is 0 Å². The summed E-state index contributed by atoms with van der Waals surface area (Å²) >= 11 is 0. The summed E-state index contributed by atoms with van der Waals surface area (Å²) in [5.74, 6) is -0.156. The zero-order valence-corrected chi connectivity index (χ0v) is 9.17. The van der Waals surface area contributed by atoms with Crippen molar-refractivity contribution < 1.29 is 4.39 Å². The molecule has 0 spiro atoms. The second-order valence-electron chi connectivity index (χ2n) is 3.87. The van der Waals surface area contributed by atoms with Crippen LogP contribution in [-0.4, -0.2) is 25.3 Å². The number of nitrogens with zero attached hydrogens (tertiary/aromatic N) is 1. The summed E-state index contributed by atoms with van der Waals surface area (Å²) in [7, 11) is 0. The molecule has 1 aliphatic heterocycles. The molecule has 0 aromatic heterocycles. The summed E-state index contributed by atoms with van der Waals surface area (Å²) in [6.07, 6.45) is 6.45. The van der Waals surface area contributed by atoms with Crippen LogP contribution in [0.3, 0.4) is 0 Å². The van der Waals surface area contributed by atoms with Gasteiger partial charge in [0.2, 0.25) is 0 Å². The van der Waals surface area contributed by atoms with Gasteiger partial charge in [-0.05, 0) is 30.7 Å². The number of hydrogen-bond donors (Lipinski definition) is 2. The van der Waals surface area contributed by atoms with Crippen molar-refractivity contribution in [2.75, 3.05) is 19.6 Å². The van der Waals surface area contributed by atoms with Crippen LogP contribution in [0.4, 0.5) is 4.39 Å². The van der Waals surface area contributed by atoms with E-state index in [9.17, 15) is 4.39 Å². The summed E-state index contributed by atoms with van der Waals surface area (Å²) in [5.41, 5.74) is 8.44. The van der Waals surface area contributed by atoms with Gasteiger partial charge in [0, 0.05) is 31.3 Å². The number of nitrogens with two attached hydrogens (primary N) is 1. The molecule has 86 valence electrons. The standard InChI is InChI=1S/C12H16FN3/c13-10-1-2-12-11(7-10)9(8-16-12)3-5-15-6-4-14/h1,7-8,15H,2-6,14H2. The molecule has 0 saturated heterocycles. The van der Waals surface area contributed by atoms with E-state index in [2.05, 4.69) is 10.3 Å². The van der Waals surface area contributed by atoms with Crippen LogP contribution in [0.25, 0.3) is 0 Å². The van der Waals surface area contributed by atoms with Crippen molar-refractivity contribution in [3.05, 3.63) is 35.3 Å². The Bertz CT molecular complexity index is 391. The lowest BCUT2D eigenvalue weighted by molar-refractivity contribution is 0.659. The molecule has 0 fully saturated rings. The average Bonchev–Trinajstić information content (AvgIpc) is 2.67. The predicted molar refractivity (Wildman–Crippen MR) is 64.0 cm³/mol. The Balaban J connectivity index is 1.91. The minimum absolute atomic E-state index is 0.156. The first-order chi connectivity index (χ1) is 7.81. The smallest absolute Gasteiger partial charge is 0.120 e. The quantitative estimate of drug-likeness (QED) is 0.690. The summed E-state index contributed by atoms with van der Waals surface area (Å²) in [5, 5.41) is 3.22. The Morgan fingerprint density at radius 1 is 1.44 bits per heavy atom. The van der Waals surface area contributed by atoms with Crippen molar-refractivity contribution >= 4 is 5.71 Å². The fourth-order valence-corrected chi connectivity index (χ4v) is 1.86. The second kappa shape index (κ2) is 5.18. The van der Waals surface area contributed by atoms with Crippen LogP contribution in [0.2, 0.25) is 0 Å². The van der Waals surface area contributed by atoms with Crippen molar-refractivity contribution in [1.29, 1.82) is 0 Å². The van der Waals surface area contributed by atoms with Crippen LogP contribution in [0, 0.1) is 0 Å². The Morgan fingerprint density at radius 2 is 2.31 bits per heavy atom. The Kier molecular flexibility index (Phi) is 3.64. The fraction of sp³-hybridized carbons (Fsp3) is 0.417. The van der Waals surface area contributed by atoms with E-state index in [1.54, 1.807) is 12.2 Å². The average molecular weight is 221 g/mol. The molecular weight excluding hydrogens is 205 g/mol. The van der Waals surface area contributed by atoms with Crippen molar-refractivity contribution in [1.82, 2.24) is 5.32 Å². The minimum Gasteiger partial charge on any atom is -0.329 e.